The fourth-order valence-corrected chi connectivity index (χ4v) is 3.44. The van der Waals surface area contributed by atoms with Gasteiger partial charge in [0.2, 0.25) is 0 Å². The van der Waals surface area contributed by atoms with Crippen LogP contribution in [0.25, 0.3) is 0 Å². The van der Waals surface area contributed by atoms with Gasteiger partial charge in [-0.05, 0) is 0 Å². The third kappa shape index (κ3) is 1.80. The summed E-state index contributed by atoms with van der Waals surface area (Å²) in [6.07, 6.45) is 3.39. The molecule has 0 aliphatic carbocycles. The SMILES string of the molecule is CS(=O)(=O)OC1CC2OC3CC2OC1C3. The third-order valence-corrected chi connectivity index (χ3v) is 3.90. The van der Waals surface area contributed by atoms with Gasteiger partial charge in [0.05, 0.1) is 30.7 Å². The lowest BCUT2D eigenvalue weighted by Crippen LogP contribution is -2.48. The molecule has 3 heterocycles. The van der Waals surface area contributed by atoms with Crippen LogP contribution in [0.15, 0.2) is 0 Å². The zero-order chi connectivity index (χ0) is 10.6. The van der Waals surface area contributed by atoms with Crippen molar-refractivity contribution in [1.29, 1.82) is 0 Å². The molecule has 15 heavy (non-hydrogen) atoms. The molecule has 0 saturated carbocycles. The Kier molecular flexibility index (Phi) is 2.11. The van der Waals surface area contributed by atoms with E-state index < -0.39 is 10.1 Å². The lowest BCUT2D eigenvalue weighted by molar-refractivity contribution is -0.128. The molecule has 3 saturated heterocycles. The van der Waals surface area contributed by atoms with Gasteiger partial charge in [-0.15, -0.1) is 0 Å². The second-order valence-corrected chi connectivity index (χ2v) is 6.16. The molecular weight excluding hydrogens is 220 g/mol. The molecule has 86 valence electrons. The maximum absolute atomic E-state index is 11.1. The van der Waals surface area contributed by atoms with Gasteiger partial charge in [-0.1, -0.05) is 0 Å². The van der Waals surface area contributed by atoms with Crippen LogP contribution in [0.1, 0.15) is 19.3 Å². The lowest BCUT2D eigenvalue weighted by atomic mass is 9.90. The predicted octanol–water partition coefficient (Wildman–Crippen LogP) is 0.0499. The Hall–Kier alpha value is -0.170. The van der Waals surface area contributed by atoms with Crippen LogP contribution in [-0.4, -0.2) is 45.2 Å². The number of hydrogen-bond donors (Lipinski definition) is 0. The van der Waals surface area contributed by atoms with Crippen LogP contribution in [0, 0.1) is 0 Å². The minimum Gasteiger partial charge on any atom is -0.372 e. The Balaban J connectivity index is 1.78. The molecular formula is C9H14O5S. The Labute approximate surface area is 88.8 Å². The van der Waals surface area contributed by atoms with Crippen molar-refractivity contribution in [2.75, 3.05) is 6.26 Å². The molecule has 0 amide bonds. The van der Waals surface area contributed by atoms with Gasteiger partial charge in [-0.2, -0.15) is 8.42 Å². The van der Waals surface area contributed by atoms with Crippen molar-refractivity contribution in [3.05, 3.63) is 0 Å². The van der Waals surface area contributed by atoms with Gasteiger partial charge in [-0.25, -0.2) is 0 Å². The van der Waals surface area contributed by atoms with E-state index in [1.54, 1.807) is 0 Å². The first-order valence-electron chi connectivity index (χ1n) is 5.20. The van der Waals surface area contributed by atoms with E-state index >= 15 is 0 Å². The van der Waals surface area contributed by atoms with Gasteiger partial charge in [0.25, 0.3) is 10.1 Å². The van der Waals surface area contributed by atoms with Gasteiger partial charge >= 0.3 is 0 Å². The number of fused-ring (bicyclic) bond motifs is 2. The second-order valence-electron chi connectivity index (χ2n) is 4.56. The molecule has 3 aliphatic rings. The summed E-state index contributed by atoms with van der Waals surface area (Å²) in [5, 5.41) is 0. The zero-order valence-electron chi connectivity index (χ0n) is 8.46. The number of ether oxygens (including phenoxy) is 2. The molecule has 0 aromatic heterocycles. The van der Waals surface area contributed by atoms with E-state index in [0.717, 1.165) is 19.1 Å². The summed E-state index contributed by atoms with van der Waals surface area (Å²) < 4.78 is 38.6. The Morgan fingerprint density at radius 1 is 1.07 bits per heavy atom. The maximum atomic E-state index is 11.1. The summed E-state index contributed by atoms with van der Waals surface area (Å²) in [4.78, 5) is 0. The van der Waals surface area contributed by atoms with Crippen molar-refractivity contribution in [2.45, 2.75) is 49.8 Å². The Morgan fingerprint density at radius 2 is 1.73 bits per heavy atom. The topological polar surface area (TPSA) is 61.8 Å². The van der Waals surface area contributed by atoms with Crippen LogP contribution in [0.5, 0.6) is 0 Å². The fourth-order valence-electron chi connectivity index (χ4n) is 2.79. The smallest absolute Gasteiger partial charge is 0.264 e. The first-order chi connectivity index (χ1) is 7.01. The van der Waals surface area contributed by atoms with Gasteiger partial charge in [0.1, 0.15) is 6.10 Å². The monoisotopic (exact) mass is 234 g/mol. The highest BCUT2D eigenvalue weighted by atomic mass is 32.2. The van der Waals surface area contributed by atoms with Gasteiger partial charge in [-0.3, -0.25) is 4.18 Å². The molecule has 3 fully saturated rings. The van der Waals surface area contributed by atoms with Crippen LogP contribution >= 0.6 is 0 Å². The predicted molar refractivity (Wildman–Crippen MR) is 50.9 cm³/mol. The normalized spacial score (nSPS) is 48.5. The van der Waals surface area contributed by atoms with E-state index in [1.807, 2.05) is 0 Å². The average Bonchev–Trinajstić information content (AvgIpc) is 2.30. The van der Waals surface area contributed by atoms with Crippen LogP contribution in [0.3, 0.4) is 0 Å². The summed E-state index contributed by atoms with van der Waals surface area (Å²) in [5.74, 6) is 0. The molecule has 0 aromatic carbocycles. The second kappa shape index (κ2) is 3.16. The highest BCUT2D eigenvalue weighted by Crippen LogP contribution is 2.42. The molecule has 5 unspecified atom stereocenters. The molecule has 5 nitrogen and oxygen atoms in total. The summed E-state index contributed by atoms with van der Waals surface area (Å²) >= 11 is 0. The highest BCUT2D eigenvalue weighted by Gasteiger charge is 2.51. The standard InChI is InChI=1S/C9H14O5S/c1-15(10,11)14-9-4-8-6-2-5(12-8)3-7(9)13-6/h5-9H,2-4H2,1H3. The van der Waals surface area contributed by atoms with E-state index in [0.29, 0.717) is 6.42 Å². The van der Waals surface area contributed by atoms with E-state index in [-0.39, 0.29) is 30.5 Å². The average molecular weight is 234 g/mol. The van der Waals surface area contributed by atoms with Crippen molar-refractivity contribution < 1.29 is 22.1 Å². The van der Waals surface area contributed by atoms with Crippen molar-refractivity contribution >= 4 is 10.1 Å². The van der Waals surface area contributed by atoms with E-state index in [9.17, 15) is 8.42 Å². The fraction of sp³-hybridized carbons (Fsp3) is 1.00. The van der Waals surface area contributed by atoms with E-state index in [4.69, 9.17) is 13.7 Å². The van der Waals surface area contributed by atoms with Crippen LogP contribution in [0.2, 0.25) is 0 Å². The van der Waals surface area contributed by atoms with E-state index in [1.165, 1.54) is 0 Å². The van der Waals surface area contributed by atoms with Gasteiger partial charge < -0.3 is 9.47 Å². The van der Waals surface area contributed by atoms with Crippen molar-refractivity contribution in [3.63, 3.8) is 0 Å². The molecule has 0 aromatic rings. The molecule has 3 rings (SSSR count). The largest absolute Gasteiger partial charge is 0.372 e. The summed E-state index contributed by atoms with van der Waals surface area (Å²) in [5.41, 5.74) is 0. The van der Waals surface area contributed by atoms with Crippen molar-refractivity contribution in [3.8, 4) is 0 Å². The highest BCUT2D eigenvalue weighted by molar-refractivity contribution is 7.86. The minimum atomic E-state index is -3.40. The third-order valence-electron chi connectivity index (χ3n) is 3.30. The number of rotatable bonds is 2. The summed E-state index contributed by atoms with van der Waals surface area (Å²) in [6, 6.07) is 0. The van der Waals surface area contributed by atoms with Gasteiger partial charge in [0.15, 0.2) is 0 Å². The molecule has 3 aliphatic heterocycles. The number of hydrogen-bond acceptors (Lipinski definition) is 5. The molecule has 0 radical (unpaired) electrons. The van der Waals surface area contributed by atoms with Crippen LogP contribution < -0.4 is 0 Å². The van der Waals surface area contributed by atoms with Gasteiger partial charge in [0, 0.05) is 19.3 Å². The molecule has 5 atom stereocenters. The molecule has 6 heteroatoms. The van der Waals surface area contributed by atoms with Crippen molar-refractivity contribution in [1.82, 2.24) is 0 Å². The molecule has 0 spiro atoms. The first-order valence-corrected chi connectivity index (χ1v) is 7.02. The minimum absolute atomic E-state index is 0.0282. The summed E-state index contributed by atoms with van der Waals surface area (Å²) in [6.45, 7) is 0. The van der Waals surface area contributed by atoms with E-state index in [2.05, 4.69) is 0 Å². The quantitative estimate of drug-likeness (QED) is 0.632. The van der Waals surface area contributed by atoms with Crippen molar-refractivity contribution in [2.24, 2.45) is 0 Å². The Morgan fingerprint density at radius 3 is 2.47 bits per heavy atom. The maximum Gasteiger partial charge on any atom is 0.264 e. The lowest BCUT2D eigenvalue weighted by Gasteiger charge is -2.37. The Bertz CT molecular complexity index is 363. The summed E-state index contributed by atoms with van der Waals surface area (Å²) in [7, 11) is -3.40. The zero-order valence-corrected chi connectivity index (χ0v) is 9.27. The van der Waals surface area contributed by atoms with Crippen LogP contribution in [-0.2, 0) is 23.8 Å². The van der Waals surface area contributed by atoms with Crippen LogP contribution in [0.4, 0.5) is 0 Å². The molecule has 0 N–H and O–H groups in total. The first kappa shape index (κ1) is 10.0. The molecule has 3 bridgehead atoms.